The van der Waals surface area contributed by atoms with Gasteiger partial charge in [0, 0.05) is 44.0 Å². The molecule has 3 rings (SSSR count). The zero-order valence-electron chi connectivity index (χ0n) is 14.7. The molecule has 1 aromatic heterocycles. The fourth-order valence-corrected chi connectivity index (χ4v) is 4.95. The Morgan fingerprint density at radius 3 is 2.75 bits per heavy atom. The van der Waals surface area contributed by atoms with Crippen molar-refractivity contribution in [2.75, 3.05) is 39.0 Å². The lowest BCUT2D eigenvalue weighted by molar-refractivity contribution is 0.146. The maximum Gasteiger partial charge on any atom is 0.211 e. The van der Waals surface area contributed by atoms with Gasteiger partial charge in [-0.3, -0.25) is 0 Å². The highest BCUT2D eigenvalue weighted by Gasteiger charge is 2.29. The molecule has 0 saturated carbocycles. The second-order valence-corrected chi connectivity index (χ2v) is 9.24. The van der Waals surface area contributed by atoms with E-state index in [9.17, 15) is 8.42 Å². The minimum Gasteiger partial charge on any atom is -0.302 e. The van der Waals surface area contributed by atoms with Crippen molar-refractivity contribution in [3.05, 3.63) is 23.8 Å². The predicted octanol–water partition coefficient (Wildman–Crippen LogP) is 1.64. The van der Waals surface area contributed by atoms with Crippen LogP contribution in [0.5, 0.6) is 0 Å². The number of hydrogen-bond donors (Lipinski definition) is 0. The number of hydrogen-bond acceptors (Lipinski definition) is 5. The molecule has 24 heavy (non-hydrogen) atoms. The van der Waals surface area contributed by atoms with Crippen molar-refractivity contribution < 1.29 is 8.42 Å². The Kier molecular flexibility index (Phi) is 5.52. The summed E-state index contributed by atoms with van der Waals surface area (Å²) < 4.78 is 25.2. The van der Waals surface area contributed by atoms with Crippen LogP contribution in [-0.4, -0.2) is 66.6 Å². The van der Waals surface area contributed by atoms with Gasteiger partial charge in [-0.25, -0.2) is 22.7 Å². The first-order valence-electron chi connectivity index (χ1n) is 8.89. The van der Waals surface area contributed by atoms with Gasteiger partial charge in [0.05, 0.1) is 6.26 Å². The van der Waals surface area contributed by atoms with E-state index in [0.29, 0.717) is 24.9 Å². The van der Waals surface area contributed by atoms with E-state index in [2.05, 4.69) is 14.9 Å². The summed E-state index contributed by atoms with van der Waals surface area (Å²) in [4.78, 5) is 11.3. The molecule has 134 valence electrons. The van der Waals surface area contributed by atoms with E-state index in [1.54, 1.807) is 4.31 Å². The Labute approximate surface area is 145 Å². The van der Waals surface area contributed by atoms with E-state index in [0.717, 1.165) is 44.0 Å². The Hall–Kier alpha value is -1.05. The second-order valence-electron chi connectivity index (χ2n) is 7.26. The molecule has 2 aliphatic heterocycles. The van der Waals surface area contributed by atoms with Crippen molar-refractivity contribution in [2.24, 2.45) is 5.92 Å². The zero-order chi connectivity index (χ0) is 17.2. The zero-order valence-corrected chi connectivity index (χ0v) is 15.5. The third kappa shape index (κ3) is 4.52. The summed E-state index contributed by atoms with van der Waals surface area (Å²) in [6, 6.07) is 2.03. The molecule has 3 heterocycles. The molecule has 0 radical (unpaired) electrons. The molecule has 2 saturated heterocycles. The minimum absolute atomic E-state index is 0.444. The van der Waals surface area contributed by atoms with Gasteiger partial charge in [-0.2, -0.15) is 0 Å². The average Bonchev–Trinajstić information content (AvgIpc) is 2.55. The number of aryl methyl sites for hydroxylation is 1. The Morgan fingerprint density at radius 1 is 1.21 bits per heavy atom. The van der Waals surface area contributed by atoms with Crippen LogP contribution in [0.2, 0.25) is 0 Å². The van der Waals surface area contributed by atoms with Crippen molar-refractivity contribution >= 4 is 10.0 Å². The minimum atomic E-state index is -3.06. The predicted molar refractivity (Wildman–Crippen MR) is 94.3 cm³/mol. The monoisotopic (exact) mass is 352 g/mol. The summed E-state index contributed by atoms with van der Waals surface area (Å²) in [7, 11) is -3.06. The maximum absolute atomic E-state index is 11.8. The highest BCUT2D eigenvalue weighted by atomic mass is 32.2. The molecule has 0 aromatic carbocycles. The van der Waals surface area contributed by atoms with Gasteiger partial charge in [0.2, 0.25) is 10.0 Å². The maximum atomic E-state index is 11.8. The first kappa shape index (κ1) is 17.8. The highest BCUT2D eigenvalue weighted by Crippen LogP contribution is 2.27. The van der Waals surface area contributed by atoms with Crippen molar-refractivity contribution in [3.8, 4) is 0 Å². The first-order chi connectivity index (χ1) is 11.4. The van der Waals surface area contributed by atoms with Gasteiger partial charge >= 0.3 is 0 Å². The molecule has 0 aliphatic carbocycles. The van der Waals surface area contributed by atoms with Crippen molar-refractivity contribution in [1.29, 1.82) is 0 Å². The van der Waals surface area contributed by atoms with Crippen LogP contribution in [0.1, 0.15) is 43.1 Å². The van der Waals surface area contributed by atoms with Crippen LogP contribution in [-0.2, 0) is 10.0 Å². The lowest BCUT2D eigenvalue weighted by Crippen LogP contribution is -2.45. The van der Waals surface area contributed by atoms with Gasteiger partial charge in [0.1, 0.15) is 5.82 Å². The molecule has 0 spiro atoms. The second kappa shape index (κ2) is 7.45. The van der Waals surface area contributed by atoms with Gasteiger partial charge in [-0.15, -0.1) is 0 Å². The van der Waals surface area contributed by atoms with Gasteiger partial charge in [-0.05, 0) is 51.1 Å². The fraction of sp³-hybridized carbons (Fsp3) is 0.765. The summed E-state index contributed by atoms with van der Waals surface area (Å²) >= 11 is 0. The molecule has 2 aliphatic rings. The number of piperidine rings is 2. The van der Waals surface area contributed by atoms with Crippen LogP contribution in [0, 0.1) is 12.8 Å². The summed E-state index contributed by atoms with van der Waals surface area (Å²) in [5.74, 6) is 1.75. The van der Waals surface area contributed by atoms with Crippen molar-refractivity contribution in [3.63, 3.8) is 0 Å². The number of likely N-dealkylation sites (tertiary alicyclic amines) is 1. The van der Waals surface area contributed by atoms with E-state index in [-0.39, 0.29) is 0 Å². The third-order valence-electron chi connectivity index (χ3n) is 5.19. The van der Waals surface area contributed by atoms with E-state index in [4.69, 9.17) is 0 Å². The van der Waals surface area contributed by atoms with E-state index in [1.165, 1.54) is 19.1 Å². The lowest BCUT2D eigenvalue weighted by atomic mass is 9.92. The van der Waals surface area contributed by atoms with Gasteiger partial charge in [0.15, 0.2) is 0 Å². The molecular formula is C17H28N4O2S. The smallest absolute Gasteiger partial charge is 0.211 e. The third-order valence-corrected chi connectivity index (χ3v) is 6.46. The Morgan fingerprint density at radius 2 is 2.00 bits per heavy atom. The number of nitrogens with zero attached hydrogens (tertiary/aromatic N) is 4. The SMILES string of the molecule is Cc1nccc(C2CCCN(CC3CCCN(S(C)(=O)=O)C3)C2)n1. The summed E-state index contributed by atoms with van der Waals surface area (Å²) in [6.45, 7) is 6.41. The standard InChI is InChI=1S/C17H28N4O2S/c1-14-18-8-7-17(19-14)16-6-4-9-20(13-16)11-15-5-3-10-21(12-15)24(2,22)23/h7-8,15-16H,3-6,9-13H2,1-2H3. The Balaban J connectivity index is 1.59. The van der Waals surface area contributed by atoms with Crippen molar-refractivity contribution in [1.82, 2.24) is 19.2 Å². The van der Waals surface area contributed by atoms with E-state index < -0.39 is 10.0 Å². The Bertz CT molecular complexity index is 664. The molecule has 7 heteroatoms. The normalized spacial score (nSPS) is 27.2. The van der Waals surface area contributed by atoms with Crippen LogP contribution in [0.15, 0.2) is 12.3 Å². The van der Waals surface area contributed by atoms with Gasteiger partial charge in [-0.1, -0.05) is 0 Å². The van der Waals surface area contributed by atoms with Gasteiger partial charge in [0.25, 0.3) is 0 Å². The number of sulfonamides is 1. The molecule has 0 amide bonds. The van der Waals surface area contributed by atoms with Crippen LogP contribution >= 0.6 is 0 Å². The first-order valence-corrected chi connectivity index (χ1v) is 10.7. The fourth-order valence-electron chi connectivity index (χ4n) is 4.01. The lowest BCUT2D eigenvalue weighted by Gasteiger charge is -2.38. The average molecular weight is 353 g/mol. The molecule has 0 bridgehead atoms. The largest absolute Gasteiger partial charge is 0.302 e. The number of rotatable bonds is 4. The molecule has 2 fully saturated rings. The van der Waals surface area contributed by atoms with Crippen LogP contribution in [0.4, 0.5) is 0 Å². The molecule has 2 atom stereocenters. The molecular weight excluding hydrogens is 324 g/mol. The topological polar surface area (TPSA) is 66.4 Å². The molecule has 1 aromatic rings. The summed E-state index contributed by atoms with van der Waals surface area (Å²) in [5.41, 5.74) is 1.15. The number of aromatic nitrogens is 2. The van der Waals surface area contributed by atoms with Gasteiger partial charge < -0.3 is 4.90 Å². The summed E-state index contributed by atoms with van der Waals surface area (Å²) in [6.07, 6.45) is 7.62. The summed E-state index contributed by atoms with van der Waals surface area (Å²) in [5, 5.41) is 0. The highest BCUT2D eigenvalue weighted by molar-refractivity contribution is 7.88. The van der Waals surface area contributed by atoms with Crippen LogP contribution in [0.3, 0.4) is 0 Å². The molecule has 6 nitrogen and oxygen atoms in total. The van der Waals surface area contributed by atoms with E-state index >= 15 is 0 Å². The molecule has 2 unspecified atom stereocenters. The quantitative estimate of drug-likeness (QED) is 0.824. The van der Waals surface area contributed by atoms with Crippen LogP contribution in [0.25, 0.3) is 0 Å². The van der Waals surface area contributed by atoms with E-state index in [1.807, 2.05) is 19.2 Å². The molecule has 0 N–H and O–H groups in total. The van der Waals surface area contributed by atoms with Crippen molar-refractivity contribution in [2.45, 2.75) is 38.5 Å². The van der Waals surface area contributed by atoms with Crippen LogP contribution < -0.4 is 0 Å².